The van der Waals surface area contributed by atoms with E-state index in [0.717, 1.165) is 31.4 Å². The van der Waals surface area contributed by atoms with E-state index in [-0.39, 0.29) is 6.04 Å². The Morgan fingerprint density at radius 3 is 3.21 bits per heavy atom. The summed E-state index contributed by atoms with van der Waals surface area (Å²) < 4.78 is 5.01. The Labute approximate surface area is 83.7 Å². The molecule has 0 radical (unpaired) electrons. The SMILES string of the molecule is O=CC1CCCCN1Cc1ccoc1. The normalized spacial score (nSPS) is 23.6. The molecule has 1 aromatic heterocycles. The second-order valence-corrected chi connectivity index (χ2v) is 3.80. The van der Waals surface area contributed by atoms with Crippen LogP contribution in [-0.4, -0.2) is 23.8 Å². The standard InChI is InChI=1S/C11H15NO2/c13-8-11-3-1-2-5-12(11)7-10-4-6-14-9-10/h4,6,8-9,11H,1-3,5,7H2. The molecule has 0 amide bonds. The first kappa shape index (κ1) is 9.46. The molecule has 3 nitrogen and oxygen atoms in total. The number of hydrogen-bond acceptors (Lipinski definition) is 3. The summed E-state index contributed by atoms with van der Waals surface area (Å²) in [6.45, 7) is 1.86. The van der Waals surface area contributed by atoms with E-state index >= 15 is 0 Å². The van der Waals surface area contributed by atoms with Crippen molar-refractivity contribution >= 4 is 6.29 Å². The molecule has 1 saturated heterocycles. The van der Waals surface area contributed by atoms with E-state index in [9.17, 15) is 4.79 Å². The number of aldehydes is 1. The van der Waals surface area contributed by atoms with Gasteiger partial charge in [-0.2, -0.15) is 0 Å². The molecule has 0 aromatic carbocycles. The first-order valence-electron chi connectivity index (χ1n) is 5.10. The summed E-state index contributed by atoms with van der Waals surface area (Å²) >= 11 is 0. The van der Waals surface area contributed by atoms with Crippen LogP contribution in [0.5, 0.6) is 0 Å². The zero-order chi connectivity index (χ0) is 9.80. The first-order chi connectivity index (χ1) is 6.90. The van der Waals surface area contributed by atoms with Crippen LogP contribution in [0.3, 0.4) is 0 Å². The smallest absolute Gasteiger partial charge is 0.137 e. The lowest BCUT2D eigenvalue weighted by molar-refractivity contribution is -0.113. The minimum Gasteiger partial charge on any atom is -0.472 e. The third kappa shape index (κ3) is 2.04. The Bertz CT molecular complexity index is 281. The topological polar surface area (TPSA) is 33.5 Å². The fourth-order valence-corrected chi connectivity index (χ4v) is 1.98. The van der Waals surface area contributed by atoms with E-state index in [4.69, 9.17) is 4.42 Å². The third-order valence-corrected chi connectivity index (χ3v) is 2.79. The zero-order valence-electron chi connectivity index (χ0n) is 8.19. The highest BCUT2D eigenvalue weighted by molar-refractivity contribution is 5.57. The van der Waals surface area contributed by atoms with E-state index in [1.54, 1.807) is 12.5 Å². The Morgan fingerprint density at radius 2 is 2.50 bits per heavy atom. The molecule has 76 valence electrons. The quantitative estimate of drug-likeness (QED) is 0.687. The van der Waals surface area contributed by atoms with Crippen LogP contribution in [0.2, 0.25) is 0 Å². The first-order valence-corrected chi connectivity index (χ1v) is 5.10. The van der Waals surface area contributed by atoms with Crippen LogP contribution in [0.25, 0.3) is 0 Å². The minimum absolute atomic E-state index is 0.110. The van der Waals surface area contributed by atoms with Crippen LogP contribution in [0.4, 0.5) is 0 Å². The van der Waals surface area contributed by atoms with E-state index in [1.165, 1.54) is 12.8 Å². The second kappa shape index (κ2) is 4.42. The van der Waals surface area contributed by atoms with Crippen molar-refractivity contribution in [3.05, 3.63) is 24.2 Å². The Morgan fingerprint density at radius 1 is 1.57 bits per heavy atom. The van der Waals surface area contributed by atoms with Gasteiger partial charge in [0.05, 0.1) is 18.6 Å². The molecular formula is C11H15NO2. The van der Waals surface area contributed by atoms with Gasteiger partial charge in [0.2, 0.25) is 0 Å². The number of piperidine rings is 1. The number of hydrogen-bond donors (Lipinski definition) is 0. The second-order valence-electron chi connectivity index (χ2n) is 3.80. The van der Waals surface area contributed by atoms with Crippen LogP contribution in [0.1, 0.15) is 24.8 Å². The number of carbonyl (C=O) groups excluding carboxylic acids is 1. The molecule has 1 unspecified atom stereocenters. The van der Waals surface area contributed by atoms with Gasteiger partial charge in [-0.3, -0.25) is 4.90 Å². The minimum atomic E-state index is 0.110. The van der Waals surface area contributed by atoms with E-state index < -0.39 is 0 Å². The van der Waals surface area contributed by atoms with Gasteiger partial charge >= 0.3 is 0 Å². The number of rotatable bonds is 3. The molecule has 1 aromatic rings. The third-order valence-electron chi connectivity index (χ3n) is 2.79. The van der Waals surface area contributed by atoms with Gasteiger partial charge in [-0.1, -0.05) is 6.42 Å². The predicted octanol–water partition coefficient (Wildman–Crippen LogP) is 1.83. The highest BCUT2D eigenvalue weighted by Gasteiger charge is 2.21. The van der Waals surface area contributed by atoms with Gasteiger partial charge in [-0.25, -0.2) is 0 Å². The molecule has 1 fully saturated rings. The highest BCUT2D eigenvalue weighted by Crippen LogP contribution is 2.18. The molecule has 0 saturated carbocycles. The van der Waals surface area contributed by atoms with Crippen LogP contribution in [-0.2, 0) is 11.3 Å². The van der Waals surface area contributed by atoms with Crippen LogP contribution in [0.15, 0.2) is 23.0 Å². The maximum Gasteiger partial charge on any atom is 0.137 e. The molecule has 0 spiro atoms. The molecule has 0 aliphatic carbocycles. The molecule has 1 aliphatic heterocycles. The van der Waals surface area contributed by atoms with Gasteiger partial charge in [-0.05, 0) is 25.5 Å². The van der Waals surface area contributed by atoms with Crippen molar-refractivity contribution in [2.24, 2.45) is 0 Å². The van der Waals surface area contributed by atoms with Gasteiger partial charge in [0.25, 0.3) is 0 Å². The average Bonchev–Trinajstić information content (AvgIpc) is 2.71. The van der Waals surface area contributed by atoms with Crippen molar-refractivity contribution in [1.29, 1.82) is 0 Å². The van der Waals surface area contributed by atoms with Crippen LogP contribution < -0.4 is 0 Å². The molecule has 1 aliphatic rings. The van der Waals surface area contributed by atoms with E-state index in [0.29, 0.717) is 0 Å². The van der Waals surface area contributed by atoms with E-state index in [2.05, 4.69) is 4.90 Å². The average molecular weight is 193 g/mol. The lowest BCUT2D eigenvalue weighted by Gasteiger charge is -2.31. The molecule has 2 heterocycles. The van der Waals surface area contributed by atoms with Crippen molar-refractivity contribution in [2.45, 2.75) is 31.8 Å². The summed E-state index contributed by atoms with van der Waals surface area (Å²) in [5.41, 5.74) is 1.15. The van der Waals surface area contributed by atoms with Gasteiger partial charge in [0, 0.05) is 12.1 Å². The molecule has 2 rings (SSSR count). The molecular weight excluding hydrogens is 178 g/mol. The van der Waals surface area contributed by atoms with Crippen molar-refractivity contribution in [1.82, 2.24) is 4.90 Å². The van der Waals surface area contributed by atoms with Gasteiger partial charge in [0.15, 0.2) is 0 Å². The van der Waals surface area contributed by atoms with Gasteiger partial charge in [-0.15, -0.1) is 0 Å². The molecule has 3 heteroatoms. The number of nitrogens with zero attached hydrogens (tertiary/aromatic N) is 1. The molecule has 1 atom stereocenters. The summed E-state index contributed by atoms with van der Waals surface area (Å²) in [6, 6.07) is 2.06. The monoisotopic (exact) mass is 193 g/mol. The van der Waals surface area contributed by atoms with Crippen LogP contribution in [0, 0.1) is 0 Å². The van der Waals surface area contributed by atoms with Crippen molar-refractivity contribution in [3.63, 3.8) is 0 Å². The highest BCUT2D eigenvalue weighted by atomic mass is 16.3. The number of likely N-dealkylation sites (tertiary alicyclic amines) is 1. The zero-order valence-corrected chi connectivity index (χ0v) is 8.19. The van der Waals surface area contributed by atoms with E-state index in [1.807, 2.05) is 6.07 Å². The maximum atomic E-state index is 10.8. The van der Waals surface area contributed by atoms with Crippen molar-refractivity contribution in [2.75, 3.05) is 6.54 Å². The largest absolute Gasteiger partial charge is 0.472 e. The molecule has 14 heavy (non-hydrogen) atoms. The lowest BCUT2D eigenvalue weighted by Crippen LogP contribution is -2.39. The van der Waals surface area contributed by atoms with Gasteiger partial charge in [0.1, 0.15) is 6.29 Å². The summed E-state index contributed by atoms with van der Waals surface area (Å²) in [5.74, 6) is 0. The number of carbonyl (C=O) groups is 1. The van der Waals surface area contributed by atoms with Gasteiger partial charge < -0.3 is 9.21 Å². The molecule has 0 N–H and O–H groups in total. The maximum absolute atomic E-state index is 10.8. The molecule has 0 bridgehead atoms. The summed E-state index contributed by atoms with van der Waals surface area (Å²) in [6.07, 6.45) is 7.86. The Hall–Kier alpha value is -1.09. The number of furan rings is 1. The fourth-order valence-electron chi connectivity index (χ4n) is 1.98. The Balaban J connectivity index is 1.98. The van der Waals surface area contributed by atoms with Crippen molar-refractivity contribution < 1.29 is 9.21 Å². The summed E-state index contributed by atoms with van der Waals surface area (Å²) in [4.78, 5) is 13.1. The van der Waals surface area contributed by atoms with Crippen molar-refractivity contribution in [3.8, 4) is 0 Å². The predicted molar refractivity (Wildman–Crippen MR) is 52.8 cm³/mol. The Kier molecular flexibility index (Phi) is 2.99. The summed E-state index contributed by atoms with van der Waals surface area (Å²) in [7, 11) is 0. The lowest BCUT2D eigenvalue weighted by atomic mass is 10.0. The fraction of sp³-hybridized carbons (Fsp3) is 0.545. The van der Waals surface area contributed by atoms with Crippen LogP contribution >= 0.6 is 0 Å². The summed E-state index contributed by atoms with van der Waals surface area (Å²) in [5, 5.41) is 0.